The molecule has 0 atom stereocenters. The van der Waals surface area contributed by atoms with E-state index in [4.69, 9.17) is 0 Å². The minimum atomic E-state index is -3.39. The maximum Gasteiger partial charge on any atom is 0.250 e. The van der Waals surface area contributed by atoms with E-state index in [2.05, 4.69) is 4.40 Å². The van der Waals surface area contributed by atoms with Crippen LogP contribution in [-0.2, 0) is 14.8 Å². The van der Waals surface area contributed by atoms with Crippen molar-refractivity contribution < 1.29 is 13.2 Å². The summed E-state index contributed by atoms with van der Waals surface area (Å²) < 4.78 is 25.1. The molecule has 1 aliphatic rings. The molecule has 0 aromatic carbocycles. The van der Waals surface area contributed by atoms with Crippen LogP contribution in [0.25, 0.3) is 0 Å². The summed E-state index contributed by atoms with van der Waals surface area (Å²) in [5.41, 5.74) is 0.889. The van der Waals surface area contributed by atoms with E-state index in [1.165, 1.54) is 18.2 Å². The third-order valence-electron chi connectivity index (χ3n) is 1.43. The zero-order valence-electron chi connectivity index (χ0n) is 7.31. The summed E-state index contributed by atoms with van der Waals surface area (Å²) in [6.07, 6.45) is 5.05. The number of carbonyl (C=O) groups excluding carboxylic acids is 1. The molecule has 1 rings (SSSR count). The molecule has 0 fully saturated rings. The first kappa shape index (κ1) is 9.85. The van der Waals surface area contributed by atoms with Gasteiger partial charge in [-0.3, -0.25) is 4.79 Å². The van der Waals surface area contributed by atoms with Gasteiger partial charge in [-0.25, -0.2) is 8.42 Å². The lowest BCUT2D eigenvalue weighted by molar-refractivity contribution is -0.110. The van der Waals surface area contributed by atoms with Crippen LogP contribution in [-0.4, -0.2) is 26.2 Å². The number of allylic oxidation sites excluding steroid dienone is 4. The number of rotatable bonds is 1. The second-order valence-electron chi connectivity index (χ2n) is 2.77. The predicted octanol–water partition coefficient (Wildman–Crippen LogP) is 0.472. The molecule has 0 unspecified atom stereocenters. The summed E-state index contributed by atoms with van der Waals surface area (Å²) in [4.78, 5) is 10.8. The van der Waals surface area contributed by atoms with Crippen molar-refractivity contribution in [1.29, 1.82) is 0 Å². The molecule has 0 bridgehead atoms. The van der Waals surface area contributed by atoms with E-state index >= 15 is 0 Å². The van der Waals surface area contributed by atoms with Crippen LogP contribution in [0.4, 0.5) is 0 Å². The molecule has 0 saturated carbocycles. The van der Waals surface area contributed by atoms with Gasteiger partial charge in [0.1, 0.15) is 0 Å². The second kappa shape index (κ2) is 3.26. The van der Waals surface area contributed by atoms with Gasteiger partial charge in [-0.15, -0.1) is 0 Å². The highest BCUT2D eigenvalue weighted by Crippen LogP contribution is 2.07. The number of nitrogens with zero attached hydrogens (tertiary/aromatic N) is 1. The Kier molecular flexibility index (Phi) is 2.47. The average molecular weight is 199 g/mol. The quantitative estimate of drug-likeness (QED) is 0.577. The Morgan fingerprint density at radius 3 is 2.38 bits per heavy atom. The van der Waals surface area contributed by atoms with Gasteiger partial charge in [0.2, 0.25) is 0 Å². The van der Waals surface area contributed by atoms with Gasteiger partial charge >= 0.3 is 0 Å². The van der Waals surface area contributed by atoms with Crippen molar-refractivity contribution >= 4 is 21.5 Å². The van der Waals surface area contributed by atoms with E-state index in [0.29, 0.717) is 11.3 Å². The number of sulfonamides is 1. The molecule has 0 saturated heterocycles. The minimum Gasteiger partial charge on any atom is -0.290 e. The maximum absolute atomic E-state index is 10.8. The lowest BCUT2D eigenvalue weighted by atomic mass is 10.1. The Hall–Kier alpha value is -1.23. The summed E-state index contributed by atoms with van der Waals surface area (Å²) in [6.45, 7) is 1.64. The van der Waals surface area contributed by atoms with Gasteiger partial charge in [-0.2, -0.15) is 4.40 Å². The largest absolute Gasteiger partial charge is 0.290 e. The maximum atomic E-state index is 10.8. The SMILES string of the molecule is CC1=CC(=O)C=CC1=NS(C)(=O)=O. The molecule has 0 aromatic rings. The zero-order valence-corrected chi connectivity index (χ0v) is 8.13. The highest BCUT2D eigenvalue weighted by Gasteiger charge is 2.09. The molecule has 0 amide bonds. The highest BCUT2D eigenvalue weighted by atomic mass is 32.2. The third-order valence-corrected chi connectivity index (χ3v) is 1.96. The number of hydrogen-bond acceptors (Lipinski definition) is 3. The molecule has 5 heteroatoms. The molecule has 0 aromatic heterocycles. The lowest BCUT2D eigenvalue weighted by Gasteiger charge is -2.03. The molecule has 0 heterocycles. The Bertz CT molecular complexity index is 426. The summed E-state index contributed by atoms with van der Waals surface area (Å²) in [5, 5.41) is 0. The Morgan fingerprint density at radius 1 is 1.31 bits per heavy atom. The van der Waals surface area contributed by atoms with Gasteiger partial charge < -0.3 is 0 Å². The van der Waals surface area contributed by atoms with Crippen molar-refractivity contribution in [3.8, 4) is 0 Å². The van der Waals surface area contributed by atoms with Crippen molar-refractivity contribution in [2.24, 2.45) is 4.40 Å². The van der Waals surface area contributed by atoms with E-state index in [9.17, 15) is 13.2 Å². The summed E-state index contributed by atoms with van der Waals surface area (Å²) in [7, 11) is -3.39. The standard InChI is InChI=1S/C8H9NO3S/c1-6-5-7(10)3-4-8(6)9-13(2,11)12/h3-5H,1-2H3. The first-order valence-electron chi connectivity index (χ1n) is 3.59. The van der Waals surface area contributed by atoms with Gasteiger partial charge in [0, 0.05) is 0 Å². The molecular formula is C8H9NO3S. The van der Waals surface area contributed by atoms with E-state index in [-0.39, 0.29) is 5.78 Å². The van der Waals surface area contributed by atoms with E-state index in [1.54, 1.807) is 6.92 Å². The molecule has 13 heavy (non-hydrogen) atoms. The van der Waals surface area contributed by atoms with Crippen LogP contribution in [0.5, 0.6) is 0 Å². The van der Waals surface area contributed by atoms with E-state index in [0.717, 1.165) is 6.26 Å². The molecule has 0 N–H and O–H groups in total. The lowest BCUT2D eigenvalue weighted by Crippen LogP contribution is -2.07. The summed E-state index contributed by atoms with van der Waals surface area (Å²) in [6, 6.07) is 0. The van der Waals surface area contributed by atoms with Crippen LogP contribution in [0.3, 0.4) is 0 Å². The number of carbonyl (C=O) groups is 1. The molecule has 0 spiro atoms. The first-order valence-corrected chi connectivity index (χ1v) is 5.44. The number of hydrogen-bond donors (Lipinski definition) is 0. The van der Waals surface area contributed by atoms with Gasteiger partial charge in [0.25, 0.3) is 10.0 Å². The Labute approximate surface area is 76.7 Å². The van der Waals surface area contributed by atoms with Crippen LogP contribution in [0, 0.1) is 0 Å². The predicted molar refractivity (Wildman–Crippen MR) is 50.2 cm³/mol. The number of ketones is 1. The van der Waals surface area contributed by atoms with Crippen molar-refractivity contribution in [2.75, 3.05) is 6.26 Å². The smallest absolute Gasteiger partial charge is 0.250 e. The van der Waals surface area contributed by atoms with Crippen LogP contribution in [0.1, 0.15) is 6.92 Å². The normalized spacial score (nSPS) is 20.6. The van der Waals surface area contributed by atoms with Crippen molar-refractivity contribution in [3.05, 3.63) is 23.8 Å². The van der Waals surface area contributed by atoms with Crippen LogP contribution < -0.4 is 0 Å². The average Bonchev–Trinajstić information content (AvgIpc) is 1.93. The minimum absolute atomic E-state index is 0.148. The molecule has 4 nitrogen and oxygen atoms in total. The third kappa shape index (κ3) is 2.95. The second-order valence-corrected chi connectivity index (χ2v) is 4.42. The van der Waals surface area contributed by atoms with Crippen LogP contribution in [0.15, 0.2) is 28.2 Å². The first-order chi connectivity index (χ1) is 5.88. The Balaban J connectivity index is 3.11. The van der Waals surface area contributed by atoms with Gasteiger partial charge in [0.05, 0.1) is 12.0 Å². The monoisotopic (exact) mass is 199 g/mol. The summed E-state index contributed by atoms with van der Waals surface area (Å²) >= 11 is 0. The fraction of sp³-hybridized carbons (Fsp3) is 0.250. The van der Waals surface area contributed by atoms with Crippen LogP contribution >= 0.6 is 0 Å². The molecule has 70 valence electrons. The molecular weight excluding hydrogens is 190 g/mol. The fourth-order valence-corrected chi connectivity index (χ4v) is 1.47. The molecule has 1 aliphatic carbocycles. The summed E-state index contributed by atoms with van der Waals surface area (Å²) in [5.74, 6) is -0.148. The van der Waals surface area contributed by atoms with E-state index < -0.39 is 10.0 Å². The highest BCUT2D eigenvalue weighted by molar-refractivity contribution is 7.89. The van der Waals surface area contributed by atoms with Crippen molar-refractivity contribution in [3.63, 3.8) is 0 Å². The topological polar surface area (TPSA) is 63.6 Å². The van der Waals surface area contributed by atoms with Crippen molar-refractivity contribution in [1.82, 2.24) is 0 Å². The van der Waals surface area contributed by atoms with E-state index in [1.807, 2.05) is 0 Å². The van der Waals surface area contributed by atoms with Crippen LogP contribution in [0.2, 0.25) is 0 Å². The molecule has 0 radical (unpaired) electrons. The van der Waals surface area contributed by atoms with Gasteiger partial charge in [-0.1, -0.05) is 0 Å². The van der Waals surface area contributed by atoms with Crippen molar-refractivity contribution in [2.45, 2.75) is 6.92 Å². The van der Waals surface area contributed by atoms with Gasteiger partial charge in [0.15, 0.2) is 5.78 Å². The van der Waals surface area contributed by atoms with Gasteiger partial charge in [-0.05, 0) is 30.7 Å². The fourth-order valence-electron chi connectivity index (χ4n) is 0.909. The zero-order chi connectivity index (χ0) is 10.1. The Morgan fingerprint density at radius 2 is 1.92 bits per heavy atom. The molecule has 0 aliphatic heterocycles.